The lowest BCUT2D eigenvalue weighted by Gasteiger charge is -2.22. The Kier molecular flexibility index (Phi) is 5.37. The normalized spacial score (nSPS) is 19.4. The minimum atomic E-state index is -3.76. The van der Waals surface area contributed by atoms with E-state index in [1.54, 1.807) is 0 Å². The molecule has 0 radical (unpaired) electrons. The molecule has 0 aliphatic carbocycles. The van der Waals surface area contributed by atoms with Crippen LogP contribution in [0.1, 0.15) is 23.2 Å². The van der Waals surface area contributed by atoms with E-state index in [2.05, 4.69) is 20.7 Å². The van der Waals surface area contributed by atoms with Gasteiger partial charge in [-0.3, -0.25) is 0 Å². The lowest BCUT2D eigenvalue weighted by Crippen LogP contribution is -2.33. The Morgan fingerprint density at radius 3 is 2.86 bits per heavy atom. The number of nitrogens with one attached hydrogen (secondary N) is 1. The van der Waals surface area contributed by atoms with Crippen LogP contribution in [0, 0.1) is 5.92 Å². The van der Waals surface area contributed by atoms with E-state index in [1.807, 2.05) is 0 Å². The van der Waals surface area contributed by atoms with Crippen molar-refractivity contribution in [2.24, 2.45) is 5.92 Å². The highest BCUT2D eigenvalue weighted by atomic mass is 79.9. The summed E-state index contributed by atoms with van der Waals surface area (Å²) in [6.07, 6.45) is 1.84. The van der Waals surface area contributed by atoms with Crippen LogP contribution in [0.25, 0.3) is 0 Å². The molecular weight excluding hydrogens is 362 g/mol. The molecule has 21 heavy (non-hydrogen) atoms. The van der Waals surface area contributed by atoms with Crippen molar-refractivity contribution >= 4 is 31.9 Å². The topological polar surface area (TPSA) is 92.7 Å². The predicted octanol–water partition coefficient (Wildman–Crippen LogP) is 1.85. The Labute approximate surface area is 131 Å². The van der Waals surface area contributed by atoms with E-state index in [1.165, 1.54) is 12.1 Å². The first-order valence-electron chi connectivity index (χ1n) is 6.50. The number of halogens is 1. The molecule has 0 spiro atoms. The second kappa shape index (κ2) is 6.87. The Hall–Kier alpha value is -0.960. The molecule has 2 N–H and O–H groups in total. The van der Waals surface area contributed by atoms with Crippen LogP contribution < -0.4 is 4.72 Å². The highest BCUT2D eigenvalue weighted by Gasteiger charge is 2.22. The fraction of sp³-hybridized carbons (Fsp3) is 0.462. The van der Waals surface area contributed by atoms with Crippen LogP contribution in [0.3, 0.4) is 0 Å². The summed E-state index contributed by atoms with van der Waals surface area (Å²) >= 11 is 3.14. The van der Waals surface area contributed by atoms with E-state index in [-0.39, 0.29) is 22.9 Å². The number of sulfonamides is 1. The Balaban J connectivity index is 2.14. The highest BCUT2D eigenvalue weighted by molar-refractivity contribution is 9.10. The van der Waals surface area contributed by atoms with E-state index in [9.17, 15) is 13.2 Å². The summed E-state index contributed by atoms with van der Waals surface area (Å²) < 4.78 is 32.8. The summed E-state index contributed by atoms with van der Waals surface area (Å²) in [5.74, 6) is -1.02. The summed E-state index contributed by atoms with van der Waals surface area (Å²) in [6.45, 7) is 1.54. The fourth-order valence-corrected chi connectivity index (χ4v) is 4.22. The number of hydrogen-bond acceptors (Lipinski definition) is 4. The summed E-state index contributed by atoms with van der Waals surface area (Å²) in [5, 5.41) is 8.95. The minimum Gasteiger partial charge on any atom is -0.478 e. The molecule has 6 nitrogen and oxygen atoms in total. The van der Waals surface area contributed by atoms with Crippen molar-refractivity contribution < 1.29 is 23.1 Å². The molecule has 0 amide bonds. The molecule has 1 aromatic rings. The van der Waals surface area contributed by atoms with Crippen LogP contribution in [-0.2, 0) is 14.8 Å². The van der Waals surface area contributed by atoms with Gasteiger partial charge >= 0.3 is 5.97 Å². The average Bonchev–Trinajstić information content (AvgIpc) is 2.46. The molecule has 1 atom stereocenters. The molecule has 2 rings (SSSR count). The predicted molar refractivity (Wildman–Crippen MR) is 79.8 cm³/mol. The van der Waals surface area contributed by atoms with Crippen molar-refractivity contribution in [3.05, 3.63) is 28.2 Å². The zero-order valence-corrected chi connectivity index (χ0v) is 13.6. The molecule has 1 unspecified atom stereocenters. The number of carboxylic acids is 1. The van der Waals surface area contributed by atoms with E-state index >= 15 is 0 Å². The number of ether oxygens (including phenoxy) is 1. The van der Waals surface area contributed by atoms with Crippen molar-refractivity contribution in [1.29, 1.82) is 0 Å². The zero-order valence-electron chi connectivity index (χ0n) is 11.2. The smallest absolute Gasteiger partial charge is 0.335 e. The molecule has 1 aromatic carbocycles. The van der Waals surface area contributed by atoms with Gasteiger partial charge in [0.15, 0.2) is 0 Å². The molecule has 0 bridgehead atoms. The first-order chi connectivity index (χ1) is 9.90. The first kappa shape index (κ1) is 16.4. The van der Waals surface area contributed by atoms with E-state index in [0.29, 0.717) is 11.1 Å². The Morgan fingerprint density at radius 1 is 1.48 bits per heavy atom. The third-order valence-corrected chi connectivity index (χ3v) is 5.70. The second-order valence-corrected chi connectivity index (χ2v) is 7.48. The number of carbonyl (C=O) groups is 1. The van der Waals surface area contributed by atoms with Crippen molar-refractivity contribution in [3.63, 3.8) is 0 Å². The number of hydrogen-bond donors (Lipinski definition) is 2. The maximum atomic E-state index is 12.3. The zero-order chi connectivity index (χ0) is 15.5. The molecule has 8 heteroatoms. The second-order valence-electron chi connectivity index (χ2n) is 4.89. The van der Waals surface area contributed by atoms with Crippen LogP contribution in [0.4, 0.5) is 0 Å². The lowest BCUT2D eigenvalue weighted by molar-refractivity contribution is 0.0568. The molecule has 1 aliphatic heterocycles. The van der Waals surface area contributed by atoms with Crippen molar-refractivity contribution in [1.82, 2.24) is 4.72 Å². The van der Waals surface area contributed by atoms with Gasteiger partial charge < -0.3 is 9.84 Å². The Bertz CT molecular complexity index is 625. The van der Waals surface area contributed by atoms with Crippen LogP contribution in [0.5, 0.6) is 0 Å². The van der Waals surface area contributed by atoms with Gasteiger partial charge in [0.2, 0.25) is 10.0 Å². The molecule has 1 saturated heterocycles. The largest absolute Gasteiger partial charge is 0.478 e. The quantitative estimate of drug-likeness (QED) is 0.816. The minimum absolute atomic E-state index is 0.0698. The van der Waals surface area contributed by atoms with Gasteiger partial charge in [0.05, 0.1) is 17.1 Å². The maximum absolute atomic E-state index is 12.3. The SMILES string of the molecule is O=C(O)c1ccc(Br)c(S(=O)(=O)NCC2CCCOC2)c1. The Morgan fingerprint density at radius 2 is 2.24 bits per heavy atom. The average molecular weight is 378 g/mol. The van der Waals surface area contributed by atoms with Gasteiger partial charge in [-0.1, -0.05) is 0 Å². The van der Waals surface area contributed by atoms with Crippen molar-refractivity contribution in [2.45, 2.75) is 17.7 Å². The van der Waals surface area contributed by atoms with Crippen LogP contribution in [0.15, 0.2) is 27.6 Å². The maximum Gasteiger partial charge on any atom is 0.335 e. The summed E-state index contributed by atoms with van der Waals surface area (Å²) in [5.41, 5.74) is -0.0698. The third-order valence-electron chi connectivity index (χ3n) is 3.28. The fourth-order valence-electron chi connectivity index (χ4n) is 2.12. The van der Waals surface area contributed by atoms with Crippen LogP contribution >= 0.6 is 15.9 Å². The lowest BCUT2D eigenvalue weighted by atomic mass is 10.0. The van der Waals surface area contributed by atoms with Gasteiger partial charge in [-0.25, -0.2) is 17.9 Å². The van der Waals surface area contributed by atoms with Gasteiger partial charge in [-0.15, -0.1) is 0 Å². The van der Waals surface area contributed by atoms with E-state index in [4.69, 9.17) is 9.84 Å². The third kappa shape index (κ3) is 4.26. The van der Waals surface area contributed by atoms with Gasteiger partial charge in [0, 0.05) is 17.6 Å². The molecule has 1 aliphatic rings. The summed E-state index contributed by atoms with van der Waals surface area (Å²) in [6, 6.07) is 3.91. The molecule has 0 saturated carbocycles. The van der Waals surface area contributed by atoms with Gasteiger partial charge in [0.1, 0.15) is 0 Å². The molecule has 0 aromatic heterocycles. The summed E-state index contributed by atoms with van der Waals surface area (Å²) in [4.78, 5) is 10.9. The number of benzene rings is 1. The monoisotopic (exact) mass is 377 g/mol. The van der Waals surface area contributed by atoms with Crippen molar-refractivity contribution in [2.75, 3.05) is 19.8 Å². The van der Waals surface area contributed by atoms with E-state index in [0.717, 1.165) is 25.5 Å². The van der Waals surface area contributed by atoms with E-state index < -0.39 is 16.0 Å². The standard InChI is InChI=1S/C13H16BrNO5S/c14-11-4-3-10(13(16)17)6-12(11)21(18,19)15-7-9-2-1-5-20-8-9/h3-4,6,9,15H,1-2,5,7-8H2,(H,16,17). The van der Waals surface area contributed by atoms with Gasteiger partial charge in [0.25, 0.3) is 0 Å². The number of rotatable bonds is 5. The van der Waals surface area contributed by atoms with Gasteiger partial charge in [-0.2, -0.15) is 0 Å². The molecule has 116 valence electrons. The highest BCUT2D eigenvalue weighted by Crippen LogP contribution is 2.23. The number of aromatic carboxylic acids is 1. The van der Waals surface area contributed by atoms with Crippen LogP contribution in [-0.4, -0.2) is 39.3 Å². The molecular formula is C13H16BrNO5S. The van der Waals surface area contributed by atoms with Gasteiger partial charge in [-0.05, 0) is 52.9 Å². The number of carboxylic acid groups (broad SMARTS) is 1. The van der Waals surface area contributed by atoms with Crippen molar-refractivity contribution in [3.8, 4) is 0 Å². The molecule has 1 heterocycles. The summed E-state index contributed by atoms with van der Waals surface area (Å²) in [7, 11) is -3.76. The first-order valence-corrected chi connectivity index (χ1v) is 8.78. The van der Waals surface area contributed by atoms with Crippen LogP contribution in [0.2, 0.25) is 0 Å². The molecule has 1 fully saturated rings.